The Bertz CT molecular complexity index is 1330. The third-order valence-corrected chi connectivity index (χ3v) is 6.26. The van der Waals surface area contributed by atoms with Crippen LogP contribution in [-0.2, 0) is 20.8 Å². The van der Waals surface area contributed by atoms with Crippen molar-refractivity contribution < 1.29 is 23.9 Å². The zero-order chi connectivity index (χ0) is 32.5. The van der Waals surface area contributed by atoms with Crippen molar-refractivity contribution in [2.45, 2.75) is 78.2 Å². The maximum absolute atomic E-state index is 13.2. The van der Waals surface area contributed by atoms with Gasteiger partial charge in [-0.25, -0.2) is 14.6 Å². The summed E-state index contributed by atoms with van der Waals surface area (Å²) in [7, 11) is 3.19. The van der Waals surface area contributed by atoms with Crippen molar-refractivity contribution in [3.8, 4) is 0 Å². The average Bonchev–Trinajstić information content (AvgIpc) is 2.87. The number of nitrogens with one attached hydrogen (secondary N) is 3. The van der Waals surface area contributed by atoms with E-state index in [0.29, 0.717) is 49.6 Å². The SMILES string of the molecule is CN(C)C(=O)C(NCCCNC(=O)OC(C)(C)C)c1nc2c(CN(CCCN)C(=O)OC(C)(C)C)c(Cl)ccc2c(=O)[nH]1. The van der Waals surface area contributed by atoms with Gasteiger partial charge >= 0.3 is 12.2 Å². The molecule has 0 saturated heterocycles. The van der Waals surface area contributed by atoms with Gasteiger partial charge in [0.15, 0.2) is 0 Å². The number of hydrogen-bond acceptors (Lipinski definition) is 9. The zero-order valence-electron chi connectivity index (χ0n) is 26.4. The number of ether oxygens (including phenoxy) is 2. The molecule has 14 heteroatoms. The van der Waals surface area contributed by atoms with Gasteiger partial charge in [0.1, 0.15) is 23.1 Å². The van der Waals surface area contributed by atoms with E-state index in [9.17, 15) is 19.2 Å². The Morgan fingerprint density at radius 3 is 2.28 bits per heavy atom. The summed E-state index contributed by atoms with van der Waals surface area (Å²) in [5.74, 6) is -0.255. The first-order valence-electron chi connectivity index (χ1n) is 14.2. The van der Waals surface area contributed by atoms with E-state index in [1.807, 2.05) is 0 Å². The molecule has 0 fully saturated rings. The number of H-pyrrole nitrogens is 1. The van der Waals surface area contributed by atoms with E-state index < -0.39 is 35.0 Å². The van der Waals surface area contributed by atoms with Gasteiger partial charge in [-0.05, 0) is 79.6 Å². The minimum Gasteiger partial charge on any atom is -0.444 e. The molecule has 1 heterocycles. The highest BCUT2D eigenvalue weighted by Gasteiger charge is 2.27. The molecule has 0 aliphatic carbocycles. The minimum absolute atomic E-state index is 0.0109. The number of halogens is 1. The molecular weight excluding hydrogens is 578 g/mol. The molecule has 0 bridgehead atoms. The Hall–Kier alpha value is -3.42. The second kappa shape index (κ2) is 15.3. The van der Waals surface area contributed by atoms with Gasteiger partial charge in [-0.15, -0.1) is 0 Å². The molecule has 3 amide bonds. The lowest BCUT2D eigenvalue weighted by Crippen LogP contribution is -2.40. The molecule has 240 valence electrons. The number of benzene rings is 1. The van der Waals surface area contributed by atoms with Crippen LogP contribution in [0, 0.1) is 0 Å². The van der Waals surface area contributed by atoms with E-state index in [0.717, 1.165) is 0 Å². The van der Waals surface area contributed by atoms with E-state index in [1.54, 1.807) is 67.8 Å². The van der Waals surface area contributed by atoms with Crippen molar-refractivity contribution in [3.05, 3.63) is 38.9 Å². The second-order valence-electron chi connectivity index (χ2n) is 12.3. The summed E-state index contributed by atoms with van der Waals surface area (Å²) in [6.45, 7) is 11.9. The summed E-state index contributed by atoms with van der Waals surface area (Å²) in [6.07, 6.45) is -0.101. The number of carbonyl (C=O) groups is 3. The Labute approximate surface area is 257 Å². The van der Waals surface area contributed by atoms with E-state index >= 15 is 0 Å². The maximum Gasteiger partial charge on any atom is 0.410 e. The second-order valence-corrected chi connectivity index (χ2v) is 12.7. The molecule has 43 heavy (non-hydrogen) atoms. The Kier molecular flexibility index (Phi) is 12.8. The monoisotopic (exact) mass is 623 g/mol. The Morgan fingerprint density at radius 1 is 1.05 bits per heavy atom. The minimum atomic E-state index is -1.00. The van der Waals surface area contributed by atoms with Crippen molar-refractivity contribution in [2.75, 3.05) is 40.3 Å². The van der Waals surface area contributed by atoms with E-state index in [1.165, 1.54) is 9.80 Å². The fourth-order valence-electron chi connectivity index (χ4n) is 3.97. The number of amides is 3. The standard InChI is InChI=1S/C29H46ClN7O6/c1-28(2,3)42-26(40)33-15-10-14-32-22(25(39)36(7)8)23-34-21-18(24(38)35-23)11-12-20(30)19(21)17-37(16-9-13-31)27(41)43-29(4,5)6/h11-12,22,32H,9-10,13-17,31H2,1-8H3,(H,33,40)(H,34,35,38). The Balaban J connectivity index is 2.41. The van der Waals surface area contributed by atoms with Crippen molar-refractivity contribution in [2.24, 2.45) is 5.73 Å². The summed E-state index contributed by atoms with van der Waals surface area (Å²) >= 11 is 6.61. The van der Waals surface area contributed by atoms with Crippen LogP contribution in [0.2, 0.25) is 5.02 Å². The molecule has 2 rings (SSSR count). The van der Waals surface area contributed by atoms with Gasteiger partial charge in [0.25, 0.3) is 5.56 Å². The molecule has 0 aliphatic rings. The Morgan fingerprint density at radius 2 is 1.70 bits per heavy atom. The maximum atomic E-state index is 13.2. The summed E-state index contributed by atoms with van der Waals surface area (Å²) in [6, 6.07) is 2.12. The van der Waals surface area contributed by atoms with Crippen LogP contribution in [-0.4, -0.2) is 89.3 Å². The van der Waals surface area contributed by atoms with Crippen molar-refractivity contribution in [1.82, 2.24) is 30.4 Å². The van der Waals surface area contributed by atoms with E-state index in [2.05, 4.69) is 15.6 Å². The lowest BCUT2D eigenvalue weighted by molar-refractivity contribution is -0.131. The molecule has 2 aromatic rings. The molecule has 1 aromatic heterocycles. The van der Waals surface area contributed by atoms with Crippen molar-refractivity contribution >= 4 is 40.6 Å². The van der Waals surface area contributed by atoms with Crippen LogP contribution >= 0.6 is 11.6 Å². The smallest absolute Gasteiger partial charge is 0.410 e. The van der Waals surface area contributed by atoms with E-state index in [4.69, 9.17) is 31.8 Å². The fourth-order valence-corrected chi connectivity index (χ4v) is 4.19. The highest BCUT2D eigenvalue weighted by Crippen LogP contribution is 2.26. The molecule has 1 atom stereocenters. The normalized spacial score (nSPS) is 12.5. The molecule has 0 radical (unpaired) electrons. The van der Waals surface area contributed by atoms with Gasteiger partial charge in [0, 0.05) is 37.8 Å². The molecule has 0 saturated carbocycles. The number of aromatic nitrogens is 2. The van der Waals surface area contributed by atoms with Crippen LogP contribution in [0.3, 0.4) is 0 Å². The third kappa shape index (κ3) is 11.3. The first kappa shape index (κ1) is 35.8. The zero-order valence-corrected chi connectivity index (χ0v) is 27.2. The van der Waals surface area contributed by atoms with Gasteiger partial charge in [-0.1, -0.05) is 11.6 Å². The number of alkyl carbamates (subject to hydrolysis) is 1. The van der Waals surface area contributed by atoms with Crippen LogP contribution < -0.4 is 21.9 Å². The van der Waals surface area contributed by atoms with Crippen LogP contribution in [0.4, 0.5) is 9.59 Å². The molecular formula is C29H46ClN7O6. The topological polar surface area (TPSA) is 172 Å². The van der Waals surface area contributed by atoms with Gasteiger partial charge in [0.05, 0.1) is 17.4 Å². The van der Waals surface area contributed by atoms with Crippen LogP contribution in [0.25, 0.3) is 10.9 Å². The summed E-state index contributed by atoms with van der Waals surface area (Å²) in [5.41, 5.74) is 4.60. The van der Waals surface area contributed by atoms with E-state index in [-0.39, 0.29) is 29.2 Å². The third-order valence-electron chi connectivity index (χ3n) is 5.91. The summed E-state index contributed by atoms with van der Waals surface area (Å²) < 4.78 is 10.8. The fraction of sp³-hybridized carbons (Fsp3) is 0.621. The molecule has 1 aromatic carbocycles. The number of aromatic amines is 1. The number of nitrogens with zero attached hydrogens (tertiary/aromatic N) is 3. The molecule has 1 unspecified atom stereocenters. The summed E-state index contributed by atoms with van der Waals surface area (Å²) in [4.78, 5) is 61.7. The van der Waals surface area contributed by atoms with Crippen LogP contribution in [0.5, 0.6) is 0 Å². The number of nitrogens with two attached hydrogens (primary N) is 1. The lowest BCUT2D eigenvalue weighted by atomic mass is 10.1. The lowest BCUT2D eigenvalue weighted by Gasteiger charge is -2.28. The average molecular weight is 624 g/mol. The number of rotatable bonds is 12. The summed E-state index contributed by atoms with van der Waals surface area (Å²) in [5, 5.41) is 6.36. The van der Waals surface area contributed by atoms with Crippen LogP contribution in [0.15, 0.2) is 16.9 Å². The molecule has 0 spiro atoms. The predicted octanol–water partition coefficient (Wildman–Crippen LogP) is 3.30. The number of carbonyl (C=O) groups excluding carboxylic acids is 3. The quantitative estimate of drug-likeness (QED) is 0.259. The van der Waals surface area contributed by atoms with Crippen molar-refractivity contribution in [1.29, 1.82) is 0 Å². The van der Waals surface area contributed by atoms with Crippen LogP contribution in [0.1, 0.15) is 71.8 Å². The molecule has 13 nitrogen and oxygen atoms in total. The highest BCUT2D eigenvalue weighted by molar-refractivity contribution is 6.32. The number of likely N-dealkylation sites (N-methyl/N-ethyl adjacent to an activating group) is 1. The van der Waals surface area contributed by atoms with Gasteiger partial charge in [0.2, 0.25) is 5.91 Å². The number of hydrogen-bond donors (Lipinski definition) is 4. The number of fused-ring (bicyclic) bond motifs is 1. The predicted molar refractivity (Wildman–Crippen MR) is 166 cm³/mol. The first-order chi connectivity index (χ1) is 19.9. The first-order valence-corrected chi connectivity index (χ1v) is 14.6. The van der Waals surface area contributed by atoms with Gasteiger partial charge < -0.3 is 35.3 Å². The molecule has 5 N–H and O–H groups in total. The highest BCUT2D eigenvalue weighted by atomic mass is 35.5. The molecule has 0 aliphatic heterocycles. The largest absolute Gasteiger partial charge is 0.444 e. The van der Waals surface area contributed by atoms with Gasteiger partial charge in [-0.2, -0.15) is 0 Å². The van der Waals surface area contributed by atoms with Gasteiger partial charge in [-0.3, -0.25) is 14.9 Å². The van der Waals surface area contributed by atoms with Crippen molar-refractivity contribution in [3.63, 3.8) is 0 Å².